The van der Waals surface area contributed by atoms with Gasteiger partial charge in [0.05, 0.1) is 37.7 Å². The summed E-state index contributed by atoms with van der Waals surface area (Å²) in [6, 6.07) is -0.167. The van der Waals surface area contributed by atoms with E-state index in [4.69, 9.17) is 14.6 Å². The second kappa shape index (κ2) is 8.66. The number of aryl methyl sites for hydroxylation is 1. The average Bonchev–Trinajstić information content (AvgIpc) is 2.53. The third-order valence-corrected chi connectivity index (χ3v) is 3.29. The van der Waals surface area contributed by atoms with Crippen molar-refractivity contribution in [3.8, 4) is 0 Å². The van der Waals surface area contributed by atoms with Crippen LogP contribution in [-0.4, -0.2) is 59.6 Å². The number of aliphatic hydroxyl groups is 1. The summed E-state index contributed by atoms with van der Waals surface area (Å²) in [6.45, 7) is 1.30. The molecule has 7 nitrogen and oxygen atoms in total. The minimum absolute atomic E-state index is 0.0231. The van der Waals surface area contributed by atoms with E-state index in [1.807, 2.05) is 0 Å². The molecular weight excluding hydrogens is 274 g/mol. The summed E-state index contributed by atoms with van der Waals surface area (Å²) in [7, 11) is 0. The number of carbonyl (C=O) groups is 1. The summed E-state index contributed by atoms with van der Waals surface area (Å²) in [5, 5.41) is 11.7. The molecule has 0 saturated carbocycles. The van der Waals surface area contributed by atoms with Gasteiger partial charge >= 0.3 is 0 Å². The van der Waals surface area contributed by atoms with E-state index in [1.54, 1.807) is 18.6 Å². The van der Waals surface area contributed by atoms with Crippen LogP contribution in [0.5, 0.6) is 0 Å². The number of carbonyl (C=O) groups excluding carboxylic acids is 1. The van der Waals surface area contributed by atoms with Crippen molar-refractivity contribution in [2.75, 3.05) is 26.4 Å². The molecule has 1 amide bonds. The molecule has 1 saturated heterocycles. The fourth-order valence-electron chi connectivity index (χ4n) is 2.24. The summed E-state index contributed by atoms with van der Waals surface area (Å²) < 4.78 is 10.9. The van der Waals surface area contributed by atoms with Gasteiger partial charge in [-0.2, -0.15) is 0 Å². The molecule has 0 spiro atoms. The SMILES string of the molecule is O=C(CCc1cnccn1)N[C@@H]1COCC[C@@H]1OCCO. The molecule has 0 unspecified atom stereocenters. The third-order valence-electron chi connectivity index (χ3n) is 3.29. The Morgan fingerprint density at radius 3 is 3.19 bits per heavy atom. The molecule has 1 aromatic heterocycles. The zero-order chi connectivity index (χ0) is 14.9. The molecule has 0 aliphatic carbocycles. The van der Waals surface area contributed by atoms with Crippen molar-refractivity contribution >= 4 is 5.91 Å². The van der Waals surface area contributed by atoms with E-state index in [9.17, 15) is 4.79 Å². The number of nitrogens with one attached hydrogen (secondary N) is 1. The fraction of sp³-hybridized carbons (Fsp3) is 0.643. The van der Waals surface area contributed by atoms with Gasteiger partial charge in [-0.25, -0.2) is 0 Å². The predicted octanol–water partition coefficient (Wildman–Crippen LogP) is -0.308. The van der Waals surface area contributed by atoms with Crippen molar-refractivity contribution in [1.82, 2.24) is 15.3 Å². The maximum Gasteiger partial charge on any atom is 0.220 e. The number of amides is 1. The molecule has 0 aromatic carbocycles. The Balaban J connectivity index is 1.77. The van der Waals surface area contributed by atoms with E-state index in [0.29, 0.717) is 26.1 Å². The molecule has 0 bridgehead atoms. The molecule has 7 heteroatoms. The molecule has 116 valence electrons. The molecular formula is C14H21N3O4. The van der Waals surface area contributed by atoms with Crippen LogP contribution in [0.1, 0.15) is 18.5 Å². The molecule has 1 aromatic rings. The molecule has 0 radical (unpaired) electrons. The first-order valence-corrected chi connectivity index (χ1v) is 7.14. The number of hydrogen-bond donors (Lipinski definition) is 2. The van der Waals surface area contributed by atoms with Crippen LogP contribution >= 0.6 is 0 Å². The second-order valence-corrected chi connectivity index (χ2v) is 4.87. The normalized spacial score (nSPS) is 22.0. The number of nitrogens with zero attached hydrogens (tertiary/aromatic N) is 2. The molecule has 1 aliphatic heterocycles. The smallest absolute Gasteiger partial charge is 0.220 e. The van der Waals surface area contributed by atoms with Crippen molar-refractivity contribution < 1.29 is 19.4 Å². The van der Waals surface area contributed by atoms with Crippen molar-refractivity contribution in [3.63, 3.8) is 0 Å². The van der Waals surface area contributed by atoms with E-state index < -0.39 is 0 Å². The average molecular weight is 295 g/mol. The first-order valence-electron chi connectivity index (χ1n) is 7.14. The van der Waals surface area contributed by atoms with Crippen molar-refractivity contribution in [2.45, 2.75) is 31.4 Å². The van der Waals surface area contributed by atoms with Gasteiger partial charge in [-0.15, -0.1) is 0 Å². The largest absolute Gasteiger partial charge is 0.394 e. The van der Waals surface area contributed by atoms with Gasteiger partial charge in [0.25, 0.3) is 0 Å². The van der Waals surface area contributed by atoms with Crippen LogP contribution in [0, 0.1) is 0 Å². The van der Waals surface area contributed by atoms with E-state index in [2.05, 4.69) is 15.3 Å². The number of rotatable bonds is 7. The molecule has 1 aliphatic rings. The first-order chi connectivity index (χ1) is 10.3. The minimum Gasteiger partial charge on any atom is -0.394 e. The Morgan fingerprint density at radius 2 is 2.43 bits per heavy atom. The number of aromatic nitrogens is 2. The predicted molar refractivity (Wildman–Crippen MR) is 74.5 cm³/mol. The number of ether oxygens (including phenoxy) is 2. The zero-order valence-electron chi connectivity index (χ0n) is 11.9. The number of hydrogen-bond acceptors (Lipinski definition) is 6. The standard InChI is InChI=1S/C14H21N3O4/c18-6-8-21-13-3-7-20-10-12(13)17-14(19)2-1-11-9-15-4-5-16-11/h4-5,9,12-13,18H,1-3,6-8,10H2,(H,17,19)/t12-,13+/m1/s1. The lowest BCUT2D eigenvalue weighted by molar-refractivity contribution is -0.126. The summed E-state index contributed by atoms with van der Waals surface area (Å²) in [5.41, 5.74) is 0.792. The van der Waals surface area contributed by atoms with Gasteiger partial charge in [0.2, 0.25) is 5.91 Å². The van der Waals surface area contributed by atoms with Crippen molar-refractivity contribution in [2.24, 2.45) is 0 Å². The molecule has 2 heterocycles. The molecule has 2 atom stereocenters. The fourth-order valence-corrected chi connectivity index (χ4v) is 2.24. The highest BCUT2D eigenvalue weighted by Crippen LogP contribution is 2.12. The summed E-state index contributed by atoms with van der Waals surface area (Å²) >= 11 is 0. The molecule has 1 fully saturated rings. The zero-order valence-corrected chi connectivity index (χ0v) is 11.9. The molecule has 21 heavy (non-hydrogen) atoms. The van der Waals surface area contributed by atoms with Crippen molar-refractivity contribution in [1.29, 1.82) is 0 Å². The van der Waals surface area contributed by atoms with Crippen LogP contribution in [0.15, 0.2) is 18.6 Å². The maximum atomic E-state index is 12.0. The first kappa shape index (κ1) is 15.8. The van der Waals surface area contributed by atoms with Crippen LogP contribution in [0.2, 0.25) is 0 Å². The quantitative estimate of drug-likeness (QED) is 0.717. The molecule has 2 rings (SSSR count). The highest BCUT2D eigenvalue weighted by atomic mass is 16.5. The highest BCUT2D eigenvalue weighted by Gasteiger charge is 2.27. The Kier molecular flexibility index (Phi) is 6.52. The second-order valence-electron chi connectivity index (χ2n) is 4.87. The van der Waals surface area contributed by atoms with Crippen LogP contribution in [0.4, 0.5) is 0 Å². The highest BCUT2D eigenvalue weighted by molar-refractivity contribution is 5.76. The van der Waals surface area contributed by atoms with Crippen LogP contribution in [0.25, 0.3) is 0 Å². The Morgan fingerprint density at radius 1 is 1.52 bits per heavy atom. The van der Waals surface area contributed by atoms with Gasteiger partial charge in [-0.05, 0) is 12.8 Å². The van der Waals surface area contributed by atoms with Gasteiger partial charge in [-0.3, -0.25) is 14.8 Å². The van der Waals surface area contributed by atoms with Crippen LogP contribution < -0.4 is 5.32 Å². The topological polar surface area (TPSA) is 93.6 Å². The Bertz CT molecular complexity index is 429. The lowest BCUT2D eigenvalue weighted by atomic mass is 10.1. The lowest BCUT2D eigenvalue weighted by Crippen LogP contribution is -2.50. The Labute approximate surface area is 123 Å². The summed E-state index contributed by atoms with van der Waals surface area (Å²) in [5.74, 6) is -0.0613. The minimum atomic E-state index is -0.167. The Hall–Kier alpha value is -1.57. The molecule has 2 N–H and O–H groups in total. The van der Waals surface area contributed by atoms with E-state index in [0.717, 1.165) is 12.1 Å². The number of aliphatic hydroxyl groups excluding tert-OH is 1. The summed E-state index contributed by atoms with van der Waals surface area (Å²) in [6.07, 6.45) is 6.38. The summed E-state index contributed by atoms with van der Waals surface area (Å²) in [4.78, 5) is 20.1. The maximum absolute atomic E-state index is 12.0. The van der Waals surface area contributed by atoms with E-state index >= 15 is 0 Å². The van der Waals surface area contributed by atoms with Crippen molar-refractivity contribution in [3.05, 3.63) is 24.3 Å². The van der Waals surface area contributed by atoms with Gasteiger partial charge in [0, 0.05) is 31.6 Å². The van der Waals surface area contributed by atoms with E-state index in [-0.39, 0.29) is 31.3 Å². The van der Waals surface area contributed by atoms with Gasteiger partial charge in [0.1, 0.15) is 0 Å². The third kappa shape index (κ3) is 5.37. The van der Waals surface area contributed by atoms with E-state index in [1.165, 1.54) is 0 Å². The monoisotopic (exact) mass is 295 g/mol. The van der Waals surface area contributed by atoms with Gasteiger partial charge in [-0.1, -0.05) is 0 Å². The van der Waals surface area contributed by atoms with Crippen LogP contribution in [-0.2, 0) is 20.7 Å². The van der Waals surface area contributed by atoms with Gasteiger partial charge < -0.3 is 19.9 Å². The van der Waals surface area contributed by atoms with Crippen LogP contribution in [0.3, 0.4) is 0 Å². The lowest BCUT2D eigenvalue weighted by Gasteiger charge is -2.32. The van der Waals surface area contributed by atoms with Gasteiger partial charge in [0.15, 0.2) is 0 Å².